The number of nitrogens with two attached hydrogens (primary N) is 1. The van der Waals surface area contributed by atoms with Crippen LogP contribution < -0.4 is 10.5 Å². The zero-order chi connectivity index (χ0) is 29.1. The maximum atomic E-state index is 15.6. The Morgan fingerprint density at radius 3 is 2.36 bits per heavy atom. The quantitative estimate of drug-likeness (QED) is 0.328. The lowest BCUT2D eigenvalue weighted by Gasteiger charge is -2.39. The number of rotatable bonds is 11. The molecular formula is C28H36FN4O5S+. The normalized spacial score (nSPS) is 14.2. The van der Waals surface area contributed by atoms with Gasteiger partial charge in [0, 0.05) is 22.6 Å². The number of nitrogens with one attached hydrogen (secondary N) is 1. The lowest BCUT2D eigenvalue weighted by molar-refractivity contribution is -0.868. The van der Waals surface area contributed by atoms with Crippen LogP contribution in [-0.2, 0) is 26.2 Å². The average Bonchev–Trinajstić information content (AvgIpc) is 3.16. The first-order chi connectivity index (χ1) is 18.2. The molecule has 210 valence electrons. The second-order valence-electron chi connectivity index (χ2n) is 10.3. The van der Waals surface area contributed by atoms with Crippen molar-refractivity contribution in [3.8, 4) is 11.1 Å². The van der Waals surface area contributed by atoms with Gasteiger partial charge >= 0.3 is 5.91 Å². The van der Waals surface area contributed by atoms with E-state index in [9.17, 15) is 18.0 Å². The van der Waals surface area contributed by atoms with Crippen molar-refractivity contribution in [3.63, 3.8) is 0 Å². The summed E-state index contributed by atoms with van der Waals surface area (Å²) in [6, 6.07) is 9.72. The number of hydrogen-bond donors (Lipinski definition) is 2. The fourth-order valence-corrected chi connectivity index (χ4v) is 6.18. The molecule has 1 aromatic heterocycles. The Labute approximate surface area is 228 Å². The van der Waals surface area contributed by atoms with Crippen molar-refractivity contribution in [1.29, 1.82) is 0 Å². The summed E-state index contributed by atoms with van der Waals surface area (Å²) in [4.78, 5) is 25.5. The third-order valence-corrected chi connectivity index (χ3v) is 8.38. The molecule has 3 rings (SSSR count). The van der Waals surface area contributed by atoms with Crippen LogP contribution in [0.25, 0.3) is 11.1 Å². The van der Waals surface area contributed by atoms with Crippen LogP contribution in [0.2, 0.25) is 0 Å². The zero-order valence-corrected chi connectivity index (χ0v) is 23.9. The Kier molecular flexibility index (Phi) is 8.97. The standard InChI is InChI=1S/C28H35FN4O5S/c1-7-10-25(34)33(6,26(17(2)3)27(30)35)16-21-14-13-20(15-23(21)29)22-11-8-9-12-24(22)39(36,37)32-28-18(4)19(5)31-38-28/h8-9,11-15,17,26H,7,10,16H2,1-6H3,(H2-,30,31,32,35)/p+1/t26-,33?/m0/s1. The first-order valence-electron chi connectivity index (χ1n) is 12.7. The number of carbonyl (C=O) groups excluding carboxylic acids is 2. The van der Waals surface area contributed by atoms with Crippen molar-refractivity contribution in [2.45, 2.75) is 64.9 Å². The fraction of sp³-hybridized carbons (Fsp3) is 0.393. The number of sulfonamides is 1. The second-order valence-corrected chi connectivity index (χ2v) is 11.9. The topological polar surface area (TPSA) is 132 Å². The van der Waals surface area contributed by atoms with E-state index in [-0.39, 0.29) is 51.2 Å². The molecule has 2 aromatic carbocycles. The van der Waals surface area contributed by atoms with Crippen LogP contribution in [0.5, 0.6) is 0 Å². The lowest BCUT2D eigenvalue weighted by Crippen LogP contribution is -2.62. The Balaban J connectivity index is 2.02. The van der Waals surface area contributed by atoms with Crippen LogP contribution in [-0.4, -0.2) is 43.0 Å². The molecule has 0 aliphatic heterocycles. The van der Waals surface area contributed by atoms with Crippen LogP contribution in [0, 0.1) is 25.6 Å². The molecule has 0 saturated carbocycles. The number of likely N-dealkylation sites (N-methyl/N-ethyl adjacent to an activating group) is 1. The van der Waals surface area contributed by atoms with Gasteiger partial charge in [0.25, 0.3) is 15.9 Å². The number of amides is 2. The molecule has 11 heteroatoms. The summed E-state index contributed by atoms with van der Waals surface area (Å²) in [5, 5.41) is 3.78. The van der Waals surface area contributed by atoms with Crippen molar-refractivity contribution in [3.05, 3.63) is 65.1 Å². The van der Waals surface area contributed by atoms with E-state index < -0.39 is 27.8 Å². The highest BCUT2D eigenvalue weighted by Gasteiger charge is 2.45. The van der Waals surface area contributed by atoms with Crippen molar-refractivity contribution in [1.82, 2.24) is 5.16 Å². The second kappa shape index (κ2) is 11.7. The monoisotopic (exact) mass is 559 g/mol. The molecule has 2 atom stereocenters. The summed E-state index contributed by atoms with van der Waals surface area (Å²) in [5.41, 5.74) is 7.62. The van der Waals surface area contributed by atoms with E-state index in [0.717, 1.165) is 0 Å². The first kappa shape index (κ1) is 30.0. The summed E-state index contributed by atoms with van der Waals surface area (Å²) in [5.74, 6) is -1.71. The molecule has 39 heavy (non-hydrogen) atoms. The highest BCUT2D eigenvalue weighted by atomic mass is 32.2. The molecule has 0 bridgehead atoms. The number of benzene rings is 2. The van der Waals surface area contributed by atoms with Gasteiger partial charge in [0.15, 0.2) is 6.04 Å². The molecule has 0 aliphatic carbocycles. The highest BCUT2D eigenvalue weighted by molar-refractivity contribution is 7.92. The highest BCUT2D eigenvalue weighted by Crippen LogP contribution is 2.32. The number of aromatic nitrogens is 1. The van der Waals surface area contributed by atoms with Gasteiger partial charge in [0.1, 0.15) is 12.4 Å². The minimum absolute atomic E-state index is 0.00629. The summed E-state index contributed by atoms with van der Waals surface area (Å²) in [6.07, 6.45) is 0.791. The molecule has 0 radical (unpaired) electrons. The number of aryl methyl sites for hydroxylation is 1. The number of anilines is 1. The van der Waals surface area contributed by atoms with Gasteiger partial charge in [-0.1, -0.05) is 50.2 Å². The van der Waals surface area contributed by atoms with Gasteiger partial charge in [-0.05, 0) is 44.0 Å². The molecule has 1 unspecified atom stereocenters. The molecule has 0 spiro atoms. The van der Waals surface area contributed by atoms with Gasteiger partial charge in [-0.15, -0.1) is 0 Å². The molecule has 9 nitrogen and oxygen atoms in total. The number of halogens is 1. The van der Waals surface area contributed by atoms with Crippen LogP contribution in [0.3, 0.4) is 0 Å². The molecule has 3 N–H and O–H groups in total. The Morgan fingerprint density at radius 2 is 1.82 bits per heavy atom. The van der Waals surface area contributed by atoms with E-state index in [1.807, 2.05) is 6.92 Å². The van der Waals surface area contributed by atoms with Gasteiger partial charge in [-0.2, -0.15) is 0 Å². The van der Waals surface area contributed by atoms with Gasteiger partial charge < -0.3 is 10.3 Å². The molecule has 0 saturated heterocycles. The van der Waals surface area contributed by atoms with E-state index in [1.54, 1.807) is 59.0 Å². The molecular weight excluding hydrogens is 523 g/mol. The van der Waals surface area contributed by atoms with E-state index in [4.69, 9.17) is 10.3 Å². The molecule has 3 aromatic rings. The van der Waals surface area contributed by atoms with Crippen LogP contribution in [0.1, 0.15) is 50.4 Å². The average molecular weight is 560 g/mol. The fourth-order valence-electron chi connectivity index (χ4n) is 4.90. The number of quaternary nitrogens is 1. The smallest absolute Gasteiger partial charge is 0.314 e. The summed E-state index contributed by atoms with van der Waals surface area (Å²) in [7, 11) is -2.49. The van der Waals surface area contributed by atoms with E-state index in [2.05, 4.69) is 9.88 Å². The minimum atomic E-state index is -4.11. The van der Waals surface area contributed by atoms with Crippen LogP contribution >= 0.6 is 0 Å². The van der Waals surface area contributed by atoms with E-state index in [0.29, 0.717) is 23.2 Å². The van der Waals surface area contributed by atoms with Gasteiger partial charge in [-0.3, -0.25) is 4.79 Å². The predicted molar refractivity (Wildman–Crippen MR) is 146 cm³/mol. The SMILES string of the molecule is CCCC(=O)[N+](C)(Cc1ccc(-c2ccccc2S(=O)(=O)Nc2onc(C)c2C)cc1F)[C@H](C(N)=O)C(C)C. The molecule has 0 aliphatic rings. The maximum absolute atomic E-state index is 15.6. The number of carbonyl (C=O) groups is 2. The Hall–Kier alpha value is -3.57. The lowest BCUT2D eigenvalue weighted by atomic mass is 9.96. The van der Waals surface area contributed by atoms with Gasteiger partial charge in [0.05, 0.1) is 24.1 Å². The molecule has 2 amide bonds. The first-order valence-corrected chi connectivity index (χ1v) is 14.2. The van der Waals surface area contributed by atoms with Crippen LogP contribution in [0.15, 0.2) is 51.9 Å². The Morgan fingerprint density at radius 1 is 1.15 bits per heavy atom. The van der Waals surface area contributed by atoms with Crippen molar-refractivity contribution in [2.75, 3.05) is 11.8 Å². The van der Waals surface area contributed by atoms with Crippen molar-refractivity contribution < 1.29 is 31.4 Å². The van der Waals surface area contributed by atoms with Gasteiger partial charge in [0.2, 0.25) is 5.88 Å². The van der Waals surface area contributed by atoms with Crippen molar-refractivity contribution in [2.24, 2.45) is 11.7 Å². The zero-order valence-electron chi connectivity index (χ0n) is 23.1. The maximum Gasteiger partial charge on any atom is 0.314 e. The third kappa shape index (κ3) is 6.20. The largest absolute Gasteiger partial charge is 0.364 e. The summed E-state index contributed by atoms with van der Waals surface area (Å²) >= 11 is 0. The van der Waals surface area contributed by atoms with Crippen LogP contribution in [0.4, 0.5) is 10.3 Å². The van der Waals surface area contributed by atoms with E-state index >= 15 is 4.39 Å². The summed E-state index contributed by atoms with van der Waals surface area (Å²) < 4.78 is 49.3. The number of nitrogens with zero attached hydrogens (tertiary/aromatic N) is 2. The Bertz CT molecular complexity index is 1480. The number of hydrogen-bond acceptors (Lipinski definition) is 6. The number of primary amides is 1. The third-order valence-electron chi connectivity index (χ3n) is 6.99. The minimum Gasteiger partial charge on any atom is -0.364 e. The van der Waals surface area contributed by atoms with Crippen molar-refractivity contribution >= 4 is 27.7 Å². The summed E-state index contributed by atoms with van der Waals surface area (Å²) in [6.45, 7) is 8.76. The molecule has 0 fully saturated rings. The van der Waals surface area contributed by atoms with Gasteiger partial charge in [-0.25, -0.2) is 26.8 Å². The van der Waals surface area contributed by atoms with E-state index in [1.165, 1.54) is 18.2 Å². The predicted octanol–water partition coefficient (Wildman–Crippen LogP) is 4.68. The molecule has 1 heterocycles.